The van der Waals surface area contributed by atoms with Crippen LogP contribution in [0.4, 0.5) is 86.0 Å². The van der Waals surface area contributed by atoms with Crippen LogP contribution in [-0.2, 0) is 10.8 Å². The molecule has 0 spiro atoms. The molecule has 6 rings (SSSR count). The highest BCUT2D eigenvalue weighted by atomic mass is 35.5. The zero-order valence-electron chi connectivity index (χ0n) is 38.6. The van der Waals surface area contributed by atoms with E-state index in [1.54, 1.807) is 119 Å². The van der Waals surface area contributed by atoms with Crippen LogP contribution in [0.25, 0.3) is 21.5 Å². The molecule has 1 aliphatic heterocycles. The van der Waals surface area contributed by atoms with E-state index in [9.17, 15) is 61.5 Å². The molecule has 388 valence electrons. The maximum atomic E-state index is 15.4. The van der Waals surface area contributed by atoms with E-state index in [4.69, 9.17) is 11.6 Å². The zero-order valence-corrected chi connectivity index (χ0v) is 39.4. The summed E-state index contributed by atoms with van der Waals surface area (Å²) in [6.07, 6.45) is -8.94. The molecule has 4 aromatic carbocycles. The molecule has 71 heavy (non-hydrogen) atoms. The molecule has 0 fully saturated rings. The average Bonchev–Trinajstić information content (AvgIpc) is 3.49. The Morgan fingerprint density at radius 2 is 1.20 bits per heavy atom. The van der Waals surface area contributed by atoms with Gasteiger partial charge in [-0.05, 0) is 100 Å². The molecule has 1 heterocycles. The van der Waals surface area contributed by atoms with Crippen LogP contribution in [0.2, 0.25) is 0 Å². The van der Waals surface area contributed by atoms with E-state index in [0.717, 1.165) is 5.39 Å². The third kappa shape index (κ3) is 9.85. The van der Waals surface area contributed by atoms with Crippen LogP contribution in [0.3, 0.4) is 0 Å². The lowest BCUT2D eigenvalue weighted by Crippen LogP contribution is -2.62. The van der Waals surface area contributed by atoms with E-state index < -0.39 is 91.3 Å². The molecule has 0 saturated heterocycles. The first-order chi connectivity index (χ1) is 32.5. The molecule has 0 aromatic heterocycles. The van der Waals surface area contributed by atoms with E-state index >= 15 is 13.2 Å². The molecular weight excluding hydrogens is 999 g/mol. The van der Waals surface area contributed by atoms with Gasteiger partial charge in [-0.1, -0.05) is 118 Å². The van der Waals surface area contributed by atoms with Crippen molar-refractivity contribution in [1.82, 2.24) is 0 Å². The predicted molar refractivity (Wildman–Crippen MR) is 242 cm³/mol. The number of allylic oxidation sites excluding steroid dienone is 8. The molecule has 1 atom stereocenters. The largest absolute Gasteiger partial charge is 0.460 e. The number of benzene rings is 4. The minimum atomic E-state index is -7.02. The predicted octanol–water partition coefficient (Wildman–Crippen LogP) is 17.7. The molecule has 4 aromatic rings. The van der Waals surface area contributed by atoms with Crippen LogP contribution in [-0.4, -0.2) is 60.7 Å². The second-order valence-electron chi connectivity index (χ2n) is 19.2. The zero-order chi connectivity index (χ0) is 53.2. The number of rotatable bonds is 16. The Bertz CT molecular complexity index is 2760. The summed E-state index contributed by atoms with van der Waals surface area (Å²) in [5.41, 5.74) is -4.05. The van der Waals surface area contributed by atoms with Crippen molar-refractivity contribution in [2.75, 3.05) is 23.3 Å². The molecule has 0 radical (unpaired) electrons. The first-order valence-corrected chi connectivity index (χ1v) is 22.6. The van der Waals surface area contributed by atoms with Crippen molar-refractivity contribution in [2.45, 2.75) is 132 Å². The number of halogens is 18. The molecule has 0 bridgehead atoms. The monoisotopic (exact) mass is 1050 g/mol. The van der Waals surface area contributed by atoms with E-state index in [1.165, 1.54) is 11.0 Å². The summed E-state index contributed by atoms with van der Waals surface area (Å²) in [5.74, 6) is -31.1. The highest BCUT2D eigenvalue weighted by Gasteiger charge is 2.81. The van der Waals surface area contributed by atoms with E-state index in [2.05, 4.69) is 5.32 Å². The summed E-state index contributed by atoms with van der Waals surface area (Å²) < 4.78 is 236. The van der Waals surface area contributed by atoms with Crippen LogP contribution in [0.5, 0.6) is 0 Å². The molecule has 2 nitrogen and oxygen atoms in total. The van der Waals surface area contributed by atoms with Gasteiger partial charge in [-0.15, -0.1) is 0 Å². The summed E-state index contributed by atoms with van der Waals surface area (Å²) in [7, 11) is 0. The fourth-order valence-corrected chi connectivity index (χ4v) is 9.63. The number of nitrogens with one attached hydrogen (secondary N) is 1. The topological polar surface area (TPSA) is 15.3 Å². The van der Waals surface area contributed by atoms with Gasteiger partial charge in [0.2, 0.25) is 5.67 Å². The van der Waals surface area contributed by atoms with Crippen molar-refractivity contribution < 1.29 is 74.6 Å². The maximum Gasteiger partial charge on any atom is 0.460 e. The quantitative estimate of drug-likeness (QED) is 0.113. The normalized spacial score (nSPS) is 18.9. The Kier molecular flexibility index (Phi) is 14.7. The van der Waals surface area contributed by atoms with Gasteiger partial charge in [0.05, 0.1) is 0 Å². The Labute approximate surface area is 403 Å². The lowest BCUT2D eigenvalue weighted by atomic mass is 9.77. The lowest BCUT2D eigenvalue weighted by molar-refractivity contribution is -0.396. The van der Waals surface area contributed by atoms with Gasteiger partial charge in [0.25, 0.3) is 5.92 Å². The van der Waals surface area contributed by atoms with Crippen molar-refractivity contribution in [3.05, 3.63) is 130 Å². The highest BCUT2D eigenvalue weighted by Crippen LogP contribution is 2.57. The van der Waals surface area contributed by atoms with Gasteiger partial charge < -0.3 is 10.2 Å². The van der Waals surface area contributed by atoms with Crippen molar-refractivity contribution in [1.29, 1.82) is 0 Å². The van der Waals surface area contributed by atoms with Crippen LogP contribution in [0, 0.1) is 0 Å². The molecule has 1 aliphatic carbocycles. The first-order valence-electron chi connectivity index (χ1n) is 22.2. The number of hydrogen-bond acceptors (Lipinski definition) is 2. The molecular formula is C51H48ClF17N2. The van der Waals surface area contributed by atoms with E-state index in [-0.39, 0.29) is 12.1 Å². The Hall–Kier alpha value is -4.94. The second-order valence-corrected chi connectivity index (χ2v) is 19.5. The molecule has 0 saturated carbocycles. The van der Waals surface area contributed by atoms with Gasteiger partial charge in [-0.3, -0.25) is 0 Å². The number of fused-ring (bicyclic) bond motifs is 4. The van der Waals surface area contributed by atoms with Gasteiger partial charge in [-0.25, -0.2) is 13.2 Å². The third-order valence-electron chi connectivity index (χ3n) is 13.5. The maximum absolute atomic E-state index is 15.4. The molecule has 2 aliphatic rings. The Morgan fingerprint density at radius 3 is 1.80 bits per heavy atom. The molecule has 1 unspecified atom stereocenters. The summed E-state index contributed by atoms with van der Waals surface area (Å²) in [6, 6.07) is 20.2. The number of hydrogen-bond donors (Lipinski definition) is 1. The van der Waals surface area contributed by atoms with E-state index in [1.807, 2.05) is 0 Å². The highest BCUT2D eigenvalue weighted by molar-refractivity contribution is 6.32. The van der Waals surface area contributed by atoms with Crippen molar-refractivity contribution in [2.24, 2.45) is 0 Å². The fraction of sp³-hybridized carbons (Fsp3) is 0.451. The van der Waals surface area contributed by atoms with Crippen LogP contribution >= 0.6 is 11.6 Å². The lowest BCUT2D eigenvalue weighted by Gasteiger charge is -2.38. The minimum Gasteiger partial charge on any atom is -0.385 e. The number of anilines is 2. The first kappa shape index (κ1) is 55.4. The van der Waals surface area contributed by atoms with Crippen LogP contribution in [0.1, 0.15) is 84.3 Å². The van der Waals surface area contributed by atoms with Gasteiger partial charge in [0.15, 0.2) is 0 Å². The summed E-state index contributed by atoms with van der Waals surface area (Å²) >= 11 is 6.99. The Balaban J connectivity index is 1.29. The van der Waals surface area contributed by atoms with Gasteiger partial charge >= 0.3 is 36.0 Å². The standard InChI is InChI=1S/C51H48ClF17N2/c1-42(2,39-34-17-8-6-12-30(34)19-22-36(39)70-28-26-46(56,57)48(60,61)49(62,63)51(67,68)69)25-11-16-32-14-10-15-33(41(32)52)21-24-38-43(3,4)40-35-18-9-7-13-31(35)20-23-37(40)71(38)29-27-45(54,55)44(5,53)47(58,59)50(64,65)66/h6-9,11-13,16-24,70H,10,14-15,25-29H2,1-5H3/b16-11+,33-21+,38-24+. The van der Waals surface area contributed by atoms with Crippen molar-refractivity contribution in [3.8, 4) is 0 Å². The molecule has 20 heteroatoms. The number of nitrogens with zero attached hydrogens (tertiary/aromatic N) is 1. The van der Waals surface area contributed by atoms with Crippen LogP contribution < -0.4 is 10.2 Å². The van der Waals surface area contributed by atoms with Gasteiger partial charge in [0.1, 0.15) is 0 Å². The third-order valence-corrected chi connectivity index (χ3v) is 13.9. The van der Waals surface area contributed by atoms with Gasteiger partial charge in [0, 0.05) is 53.5 Å². The summed E-state index contributed by atoms with van der Waals surface area (Å²) in [5, 5.41) is 5.58. The SMILES string of the molecule is CC(C)(C/C=C/C1=C(Cl)C(=C/C=C2/N(CCC(F)(F)C(C)(F)C(F)(F)C(F)(F)F)c3ccc4ccccc4c3C2(C)C)/CCC1)c1c(NCCC(F)(F)C(F)(F)C(F)(F)C(F)(F)F)ccc2ccccc12. The summed E-state index contributed by atoms with van der Waals surface area (Å²) in [6.45, 7) is 4.64. The molecule has 0 amide bonds. The van der Waals surface area contributed by atoms with Crippen molar-refractivity contribution in [3.63, 3.8) is 0 Å². The molecule has 1 N–H and O–H groups in total. The van der Waals surface area contributed by atoms with Crippen molar-refractivity contribution >= 4 is 44.5 Å². The fourth-order valence-electron chi connectivity index (χ4n) is 9.31. The van der Waals surface area contributed by atoms with E-state index in [0.29, 0.717) is 74.1 Å². The second kappa shape index (κ2) is 18.8. The van der Waals surface area contributed by atoms with Crippen LogP contribution in [0.15, 0.2) is 119 Å². The smallest absolute Gasteiger partial charge is 0.385 e. The van der Waals surface area contributed by atoms with Gasteiger partial charge in [-0.2, -0.15) is 61.5 Å². The number of alkyl halides is 17. The minimum absolute atomic E-state index is 0.123. The summed E-state index contributed by atoms with van der Waals surface area (Å²) in [4.78, 5) is 1.35. The average molecular weight is 1050 g/mol. The Morgan fingerprint density at radius 1 is 0.634 bits per heavy atom.